The summed E-state index contributed by atoms with van der Waals surface area (Å²) in [7, 11) is 0. The monoisotopic (exact) mass is 187 g/mol. The van der Waals surface area contributed by atoms with E-state index in [2.05, 4.69) is 0 Å². The van der Waals surface area contributed by atoms with E-state index >= 15 is 0 Å². The van der Waals surface area contributed by atoms with Gasteiger partial charge in [0.25, 0.3) is 5.91 Å². The molecule has 0 aliphatic heterocycles. The van der Waals surface area contributed by atoms with Gasteiger partial charge in [-0.1, -0.05) is 17.7 Å². The summed E-state index contributed by atoms with van der Waals surface area (Å²) in [4.78, 5) is 10.7. The van der Waals surface area contributed by atoms with Crippen molar-refractivity contribution >= 4 is 17.5 Å². The Morgan fingerprint density at radius 3 is 2.58 bits per heavy atom. The lowest BCUT2D eigenvalue weighted by Gasteiger charge is -2.03. The Morgan fingerprint density at radius 2 is 2.17 bits per heavy atom. The van der Waals surface area contributed by atoms with Crippen molar-refractivity contribution in [2.45, 2.75) is 6.92 Å². The molecule has 1 aromatic rings. The van der Waals surface area contributed by atoms with Crippen molar-refractivity contribution in [1.29, 1.82) is 0 Å². The van der Waals surface area contributed by atoms with Crippen molar-refractivity contribution in [2.24, 2.45) is 5.73 Å². The fraction of sp³-hybridized carbons (Fsp3) is 0.125. The molecule has 0 fully saturated rings. The van der Waals surface area contributed by atoms with E-state index in [-0.39, 0.29) is 10.6 Å². The number of carbonyl (C=O) groups excluding carboxylic acids is 1. The predicted molar refractivity (Wildman–Crippen MR) is 44.7 cm³/mol. The number of amides is 1. The molecule has 0 saturated carbocycles. The lowest BCUT2D eigenvalue weighted by atomic mass is 10.1. The first-order chi connectivity index (χ1) is 5.54. The molecule has 1 amide bonds. The molecule has 64 valence electrons. The SMILES string of the molecule is Cc1ccc(F)c(C(N)=O)c1Cl. The first-order valence-corrected chi connectivity index (χ1v) is 3.66. The molecule has 0 saturated heterocycles. The van der Waals surface area contributed by atoms with Gasteiger partial charge in [0, 0.05) is 0 Å². The van der Waals surface area contributed by atoms with Crippen LogP contribution in [-0.4, -0.2) is 5.91 Å². The van der Waals surface area contributed by atoms with Crippen molar-refractivity contribution in [1.82, 2.24) is 0 Å². The lowest BCUT2D eigenvalue weighted by molar-refractivity contribution is 0.0996. The van der Waals surface area contributed by atoms with Gasteiger partial charge in [0.15, 0.2) is 0 Å². The van der Waals surface area contributed by atoms with E-state index in [1.54, 1.807) is 6.92 Å². The average Bonchev–Trinajstić information content (AvgIpc) is 1.97. The van der Waals surface area contributed by atoms with Gasteiger partial charge in [0.05, 0.1) is 10.6 Å². The molecular weight excluding hydrogens is 181 g/mol. The summed E-state index contributed by atoms with van der Waals surface area (Å²) in [5.74, 6) is -1.53. The molecule has 2 nitrogen and oxygen atoms in total. The van der Waals surface area contributed by atoms with Gasteiger partial charge in [-0.05, 0) is 18.6 Å². The van der Waals surface area contributed by atoms with Gasteiger partial charge in [-0.25, -0.2) is 4.39 Å². The predicted octanol–water partition coefficient (Wildman–Crippen LogP) is 1.89. The minimum atomic E-state index is -0.846. The molecule has 0 radical (unpaired) electrons. The zero-order valence-corrected chi connectivity index (χ0v) is 7.15. The maximum atomic E-state index is 12.9. The number of benzene rings is 1. The highest BCUT2D eigenvalue weighted by molar-refractivity contribution is 6.34. The number of nitrogens with two attached hydrogens (primary N) is 1. The molecule has 0 aromatic heterocycles. The summed E-state index contributed by atoms with van der Waals surface area (Å²) in [5.41, 5.74) is 5.31. The van der Waals surface area contributed by atoms with Crippen molar-refractivity contribution in [3.63, 3.8) is 0 Å². The summed E-state index contributed by atoms with van der Waals surface area (Å²) in [6, 6.07) is 2.66. The number of hydrogen-bond donors (Lipinski definition) is 1. The Hall–Kier alpha value is -1.09. The van der Waals surface area contributed by atoms with Gasteiger partial charge in [0.2, 0.25) is 0 Å². The molecule has 0 aliphatic carbocycles. The third kappa shape index (κ3) is 1.41. The quantitative estimate of drug-likeness (QED) is 0.717. The third-order valence-corrected chi connectivity index (χ3v) is 2.02. The van der Waals surface area contributed by atoms with Crippen LogP contribution < -0.4 is 5.73 Å². The number of halogens is 2. The minimum Gasteiger partial charge on any atom is -0.365 e. The maximum Gasteiger partial charge on any atom is 0.253 e. The highest BCUT2D eigenvalue weighted by Crippen LogP contribution is 2.22. The summed E-state index contributed by atoms with van der Waals surface area (Å²) in [6.45, 7) is 1.67. The van der Waals surface area contributed by atoms with E-state index in [0.717, 1.165) is 0 Å². The number of primary amides is 1. The minimum absolute atomic E-state index is 0.0856. The molecule has 0 unspecified atom stereocenters. The topological polar surface area (TPSA) is 43.1 Å². The van der Waals surface area contributed by atoms with Gasteiger partial charge in [-0.2, -0.15) is 0 Å². The zero-order chi connectivity index (χ0) is 9.30. The van der Waals surface area contributed by atoms with Crippen molar-refractivity contribution < 1.29 is 9.18 Å². The molecule has 0 atom stereocenters. The van der Waals surface area contributed by atoms with Gasteiger partial charge in [0.1, 0.15) is 5.82 Å². The van der Waals surface area contributed by atoms with Crippen LogP contribution in [0.25, 0.3) is 0 Å². The van der Waals surface area contributed by atoms with E-state index < -0.39 is 11.7 Å². The third-order valence-electron chi connectivity index (χ3n) is 1.53. The molecule has 0 aliphatic rings. The van der Waals surface area contributed by atoms with Gasteiger partial charge >= 0.3 is 0 Å². The standard InChI is InChI=1S/C8H7ClFNO/c1-4-2-3-5(10)6(7(4)9)8(11)12/h2-3H,1H3,(H2,11,12). The van der Waals surface area contributed by atoms with Gasteiger partial charge < -0.3 is 5.73 Å². The van der Waals surface area contributed by atoms with E-state index in [0.29, 0.717) is 5.56 Å². The van der Waals surface area contributed by atoms with Gasteiger partial charge in [-0.3, -0.25) is 4.79 Å². The Kier molecular flexibility index (Phi) is 2.33. The summed E-state index contributed by atoms with van der Waals surface area (Å²) in [6.07, 6.45) is 0. The van der Waals surface area contributed by atoms with E-state index in [9.17, 15) is 9.18 Å². The van der Waals surface area contributed by atoms with E-state index in [1.165, 1.54) is 12.1 Å². The van der Waals surface area contributed by atoms with E-state index in [4.69, 9.17) is 17.3 Å². The Morgan fingerprint density at radius 1 is 1.58 bits per heavy atom. The smallest absolute Gasteiger partial charge is 0.253 e. The van der Waals surface area contributed by atoms with Crippen LogP contribution in [0.2, 0.25) is 5.02 Å². The number of aryl methyl sites for hydroxylation is 1. The summed E-state index contributed by atoms with van der Waals surface area (Å²) >= 11 is 5.65. The normalized spacial score (nSPS) is 9.92. The second kappa shape index (κ2) is 3.11. The number of carbonyl (C=O) groups is 1. The van der Waals surface area contributed by atoms with Crippen LogP contribution in [0, 0.1) is 12.7 Å². The first-order valence-electron chi connectivity index (χ1n) is 3.28. The van der Waals surface area contributed by atoms with Crippen LogP contribution in [0.15, 0.2) is 12.1 Å². The summed E-state index contributed by atoms with van der Waals surface area (Å²) < 4.78 is 12.9. The van der Waals surface area contributed by atoms with Crippen molar-refractivity contribution in [3.8, 4) is 0 Å². The molecule has 0 spiro atoms. The molecule has 4 heteroatoms. The van der Waals surface area contributed by atoms with Crippen LogP contribution in [0.1, 0.15) is 15.9 Å². The number of rotatable bonds is 1. The average molecular weight is 188 g/mol. The van der Waals surface area contributed by atoms with Crippen molar-refractivity contribution in [2.75, 3.05) is 0 Å². The van der Waals surface area contributed by atoms with Crippen LogP contribution in [-0.2, 0) is 0 Å². The van der Waals surface area contributed by atoms with Crippen LogP contribution in [0.3, 0.4) is 0 Å². The fourth-order valence-corrected chi connectivity index (χ4v) is 1.13. The molecule has 2 N–H and O–H groups in total. The molecular formula is C8H7ClFNO. The Labute approximate surface area is 74.1 Å². The summed E-state index contributed by atoms with van der Waals surface area (Å²) in [5, 5.41) is 0.0856. The molecule has 1 aromatic carbocycles. The second-order valence-electron chi connectivity index (χ2n) is 2.42. The molecule has 12 heavy (non-hydrogen) atoms. The molecule has 1 rings (SSSR count). The lowest BCUT2D eigenvalue weighted by Crippen LogP contribution is -2.14. The molecule has 0 heterocycles. The first kappa shape index (κ1) is 9.00. The Balaban J connectivity index is 3.43. The highest BCUT2D eigenvalue weighted by atomic mass is 35.5. The maximum absolute atomic E-state index is 12.9. The number of hydrogen-bond acceptors (Lipinski definition) is 1. The van der Waals surface area contributed by atoms with Crippen LogP contribution in [0.5, 0.6) is 0 Å². The van der Waals surface area contributed by atoms with E-state index in [1.807, 2.05) is 0 Å². The van der Waals surface area contributed by atoms with Crippen molar-refractivity contribution in [3.05, 3.63) is 34.1 Å². The van der Waals surface area contributed by atoms with Gasteiger partial charge in [-0.15, -0.1) is 0 Å². The highest BCUT2D eigenvalue weighted by Gasteiger charge is 2.13. The second-order valence-corrected chi connectivity index (χ2v) is 2.80. The zero-order valence-electron chi connectivity index (χ0n) is 6.40. The van der Waals surface area contributed by atoms with Crippen LogP contribution in [0.4, 0.5) is 4.39 Å². The largest absolute Gasteiger partial charge is 0.365 e. The van der Waals surface area contributed by atoms with Crippen LogP contribution >= 0.6 is 11.6 Å². The fourth-order valence-electron chi connectivity index (χ4n) is 0.883. The Bertz CT molecular complexity index is 338. The molecule has 0 bridgehead atoms.